The van der Waals surface area contributed by atoms with Crippen molar-refractivity contribution < 1.29 is 38.1 Å². The molecule has 0 spiro atoms. The first kappa shape index (κ1) is 114. The highest BCUT2D eigenvalue weighted by atomic mass is 32.3. The van der Waals surface area contributed by atoms with Gasteiger partial charge in [-0.3, -0.25) is 19.2 Å². The second-order valence-electron chi connectivity index (χ2n) is 56.5. The highest BCUT2D eigenvalue weighted by molar-refractivity contribution is 8.45. The zero-order valence-corrected chi connectivity index (χ0v) is 102. The van der Waals surface area contributed by atoms with E-state index in [0.29, 0.717) is 47.3 Å². The van der Waals surface area contributed by atoms with Gasteiger partial charge in [0.15, 0.2) is 0 Å². The maximum Gasteiger partial charge on any atom is 0.306 e. The molecule has 16 aliphatic carbocycles. The Morgan fingerprint density at radius 2 is 0.486 bits per heavy atom. The molecule has 12 fully saturated rings. The molecule has 0 N–H and O–H groups in total. The summed E-state index contributed by atoms with van der Waals surface area (Å²) in [6.07, 6.45) is 70.8. The minimum Gasteiger partial charge on any atom is -0.462 e. The van der Waals surface area contributed by atoms with E-state index in [9.17, 15) is 19.2 Å². The van der Waals surface area contributed by atoms with Crippen LogP contribution in [0, 0.1) is 185 Å². The van der Waals surface area contributed by atoms with Gasteiger partial charge >= 0.3 is 23.9 Å². The Labute approximate surface area is 925 Å². The van der Waals surface area contributed by atoms with Gasteiger partial charge in [0.2, 0.25) is 0 Å². The van der Waals surface area contributed by atoms with E-state index in [1.54, 1.807) is 22.3 Å². The summed E-state index contributed by atoms with van der Waals surface area (Å²) in [7, 11) is 0. The molecule has 18 rings (SSSR count). The van der Waals surface area contributed by atoms with Crippen LogP contribution in [0.1, 0.15) is 472 Å². The summed E-state index contributed by atoms with van der Waals surface area (Å²) >= 11 is 15.2. The van der Waals surface area contributed by atoms with Crippen LogP contribution in [0.3, 0.4) is 0 Å². The summed E-state index contributed by atoms with van der Waals surface area (Å²) < 4.78 is 34.0. The number of carbonyl (C=O) groups excluding carboxylic acids is 4. The number of carbonyl (C=O) groups is 4. The molecule has 2 aliphatic heterocycles. The molecule has 0 bridgehead atoms. The minimum absolute atomic E-state index is 0.0405. The Morgan fingerprint density at radius 1 is 0.274 bits per heavy atom. The first-order chi connectivity index (χ1) is 69.8. The molecule has 16 heteroatoms. The van der Waals surface area contributed by atoms with Crippen molar-refractivity contribution in [2.45, 2.75) is 497 Å². The Hall–Kier alpha value is -1.14. The second kappa shape index (κ2) is 49.0. The fraction of sp³-hybridized carbons (Fsp3) is 0.862. The molecule has 0 aromatic heterocycles. The zero-order valence-electron chi connectivity index (χ0n) is 95.6. The summed E-state index contributed by atoms with van der Waals surface area (Å²) in [4.78, 5) is 56.9. The predicted molar refractivity (Wildman–Crippen MR) is 630 cm³/mol. The number of hydrogen-bond donors (Lipinski definition) is 0. The molecule has 0 aromatic rings. The average Bonchev–Trinajstić information content (AvgIpc) is 1.58. The molecule has 2 heterocycles. The van der Waals surface area contributed by atoms with Crippen molar-refractivity contribution >= 4 is 118 Å². The Morgan fingerprint density at radius 3 is 0.692 bits per heavy atom. The molecule has 12 saturated carbocycles. The third-order valence-electron chi connectivity index (χ3n) is 46.5. The SMILES string of the molecule is CC(C)CCC[C@@H](C)[C@H]1CC[C@H]2[C@@H]3CC=C4CC(OC(=O)CCCSC5=C(SCCCC(=O)OC6CC[C@@]7(C)C(=CC[C@H]8[C@@H]9CC[C@H]([C@H](C)CCCC(C)C)[C@@]9(C)CC[C@@H]87)C6)SC(=C6SC(SCCCC(=O)OC7CC[C@@]8(C)C(=CC[C@H]9[C@@H]%10CC[C@H]([C@H](C)CCCC(C)C)[C@@]%10(C)CC[C@@H]98)C7)=C(SCCCC(=O)OC7CC[C@@]8(C)C(=CC[C@H]9[C@@H]%10CC[C@H]([C@H](C)CCCC(C)C)[C@@]%10(C)CC[C@@H]98)C7)S6)S5)CC[C@]4(C)[C@H]3CC[C@]12C. The largest absolute Gasteiger partial charge is 0.462 e. The molecule has 146 heavy (non-hydrogen) atoms. The van der Waals surface area contributed by atoms with Crippen molar-refractivity contribution in [3.8, 4) is 0 Å². The van der Waals surface area contributed by atoms with Gasteiger partial charge in [-0.25, -0.2) is 0 Å². The van der Waals surface area contributed by atoms with Gasteiger partial charge in [0.1, 0.15) is 24.4 Å². The number of rotatable bonds is 44. The van der Waals surface area contributed by atoms with Crippen molar-refractivity contribution in [2.75, 3.05) is 23.0 Å². The van der Waals surface area contributed by atoms with Crippen LogP contribution in [0.4, 0.5) is 0 Å². The number of esters is 4. The van der Waals surface area contributed by atoms with Crippen LogP contribution in [0.15, 0.2) is 72.0 Å². The van der Waals surface area contributed by atoms with Crippen LogP contribution in [0.25, 0.3) is 0 Å². The molecule has 18 aliphatic rings. The molecule has 0 saturated heterocycles. The molecule has 820 valence electrons. The molecule has 4 unspecified atom stereocenters. The topological polar surface area (TPSA) is 105 Å². The van der Waals surface area contributed by atoms with Crippen LogP contribution < -0.4 is 0 Å². The number of allylic oxidation sites excluding steroid dienone is 4. The number of fused-ring (bicyclic) bond motifs is 20. The van der Waals surface area contributed by atoms with Crippen LogP contribution >= 0.6 is 94.1 Å². The summed E-state index contributed by atoms with van der Waals surface area (Å²) in [5.74, 6) is 22.4. The lowest BCUT2D eigenvalue weighted by molar-refractivity contribution is -0.152. The minimum atomic E-state index is -0.0419. The Balaban J connectivity index is 0.511. The lowest BCUT2D eigenvalue weighted by Crippen LogP contribution is -2.51. The van der Waals surface area contributed by atoms with Gasteiger partial charge in [0.05, 0.1) is 25.4 Å². The molecular formula is C130H204O8S8. The number of hydrogen-bond acceptors (Lipinski definition) is 16. The molecule has 0 radical (unpaired) electrons. The third kappa shape index (κ3) is 24.5. The van der Waals surface area contributed by atoms with Gasteiger partial charge in [-0.1, -0.05) is 309 Å². The first-order valence-electron chi connectivity index (χ1n) is 61.8. The zero-order chi connectivity index (χ0) is 103. The Kier molecular flexibility index (Phi) is 38.4. The van der Waals surface area contributed by atoms with Crippen molar-refractivity contribution in [1.29, 1.82) is 0 Å². The lowest BCUT2D eigenvalue weighted by atomic mass is 9.47. The van der Waals surface area contributed by atoms with E-state index in [4.69, 9.17) is 18.9 Å². The summed E-state index contributed by atoms with van der Waals surface area (Å²) in [5.41, 5.74) is 9.10. The monoisotopic (exact) mass is 2150 g/mol. The molecule has 0 aromatic carbocycles. The maximum atomic E-state index is 14.2. The summed E-state index contributed by atoms with van der Waals surface area (Å²) in [5, 5.41) is 0. The maximum absolute atomic E-state index is 14.2. The van der Waals surface area contributed by atoms with E-state index in [1.165, 1.54) is 231 Å². The van der Waals surface area contributed by atoms with E-state index in [1.807, 2.05) is 94.1 Å². The Bertz CT molecular complexity index is 4170. The molecule has 0 amide bonds. The van der Waals surface area contributed by atoms with Crippen molar-refractivity contribution in [1.82, 2.24) is 0 Å². The van der Waals surface area contributed by atoms with Crippen LogP contribution in [0.2, 0.25) is 0 Å². The summed E-state index contributed by atoms with van der Waals surface area (Å²) in [6.45, 7) is 50.8. The van der Waals surface area contributed by atoms with Gasteiger partial charge in [-0.15, -0.1) is 47.0 Å². The third-order valence-corrected chi connectivity index (χ3v) is 58.4. The number of ether oxygens (including phenoxy) is 4. The lowest BCUT2D eigenvalue weighted by Gasteiger charge is -2.58. The molecule has 32 atom stereocenters. The van der Waals surface area contributed by atoms with Crippen LogP contribution in [0.5, 0.6) is 0 Å². The number of thioether (sulfide) groups is 8. The predicted octanol–water partition coefficient (Wildman–Crippen LogP) is 39.2. The van der Waals surface area contributed by atoms with Gasteiger partial charge in [0, 0.05) is 51.4 Å². The van der Waals surface area contributed by atoms with Gasteiger partial charge in [-0.05, 0) is 414 Å². The van der Waals surface area contributed by atoms with Crippen molar-refractivity contribution in [3.05, 3.63) is 72.0 Å². The fourth-order valence-electron chi connectivity index (χ4n) is 38.6. The van der Waals surface area contributed by atoms with E-state index in [0.717, 1.165) is 268 Å². The summed E-state index contributed by atoms with van der Waals surface area (Å²) in [6, 6.07) is 0. The van der Waals surface area contributed by atoms with E-state index < -0.39 is 0 Å². The smallest absolute Gasteiger partial charge is 0.306 e. The van der Waals surface area contributed by atoms with Crippen LogP contribution in [-0.4, -0.2) is 71.3 Å². The van der Waals surface area contributed by atoms with Crippen LogP contribution in [-0.2, 0) is 38.1 Å². The fourth-order valence-corrected chi connectivity index (χ4v) is 50.6. The van der Waals surface area contributed by atoms with Crippen molar-refractivity contribution in [3.63, 3.8) is 0 Å². The highest BCUT2D eigenvalue weighted by Crippen LogP contribution is 2.75. The van der Waals surface area contributed by atoms with E-state index in [-0.39, 0.29) is 70.0 Å². The normalized spacial score (nSPS) is 39.8. The first-order valence-corrected chi connectivity index (χ1v) is 69.0. The average molecular weight is 2150 g/mol. The standard InChI is InChI=1S/C130H204O8S8/c1-81(2)29-21-33-85(9)101-49-53-105-97-45-41-89-77-93(57-65-123(89,13)109(97)61-69-127(101,105)17)135-113(131)37-25-73-139-117-118(140-74-26-38-114(132)136-94-58-66-124(14)90(78-94)42-46-98-106-54-50-102(86(10)34-22-30-82(3)4)128(106,18)70-62-110(98)124)144-121(143-117)122-145-119(141-75-27-39-115(133)137-95-59-67-125(15)91(79-95)43-47-99-107-55-51-103(87(11)35-23-31-83(5)6)129(107,19)71-63-111(99)125)120(146-122)142-76-28-40-116(134)138-96-60-68-126(16)92(80-96)44-48-100-108-56-52-104(88(12)36-24-32-84(7)8)130(108,20)72-64-112(100)126/h41-44,81-88,93-112H,21-40,45-80H2,1-20H3/t85-,86-,87-,88-,93?,94?,95?,96?,97+,98+,99+,100+,101-,102-,103-,104-,105+,106+,107+,108+,109+,110+,111+,112+,123+,124+,125+,126+,127-,128-,129-,130-/m1/s1. The van der Waals surface area contributed by atoms with E-state index in [2.05, 4.69) is 163 Å². The van der Waals surface area contributed by atoms with Crippen molar-refractivity contribution in [2.24, 2.45) is 185 Å². The highest BCUT2D eigenvalue weighted by Gasteiger charge is 2.66. The van der Waals surface area contributed by atoms with Gasteiger partial charge in [-0.2, -0.15) is 0 Å². The molecule has 8 nitrogen and oxygen atoms in total. The van der Waals surface area contributed by atoms with Gasteiger partial charge in [0.25, 0.3) is 0 Å². The molecular weight excluding hydrogens is 1950 g/mol. The van der Waals surface area contributed by atoms with Gasteiger partial charge < -0.3 is 18.9 Å². The second-order valence-corrected chi connectivity index (χ2v) is 66.6. The van der Waals surface area contributed by atoms with E-state index >= 15 is 0 Å². The quantitative estimate of drug-likeness (QED) is 0.0250.